The lowest BCUT2D eigenvalue weighted by Crippen LogP contribution is -2.32. The second-order valence-electron chi connectivity index (χ2n) is 4.93. The van der Waals surface area contributed by atoms with E-state index >= 15 is 0 Å². The van der Waals surface area contributed by atoms with Gasteiger partial charge >= 0.3 is 6.09 Å². The topological polar surface area (TPSA) is 38.3 Å². The van der Waals surface area contributed by atoms with Gasteiger partial charge in [0.25, 0.3) is 0 Å². The summed E-state index contributed by atoms with van der Waals surface area (Å²) in [5, 5.41) is 2.56. The van der Waals surface area contributed by atoms with Gasteiger partial charge in [-0.1, -0.05) is 24.3 Å². The smallest absolute Gasteiger partial charge is 0.407 e. The molecule has 19 heavy (non-hydrogen) atoms. The van der Waals surface area contributed by atoms with Crippen LogP contribution in [0.25, 0.3) is 6.08 Å². The lowest BCUT2D eigenvalue weighted by molar-refractivity contribution is 0.0534. The van der Waals surface area contributed by atoms with Gasteiger partial charge in [-0.25, -0.2) is 9.18 Å². The fourth-order valence-electron chi connectivity index (χ4n) is 1.29. The predicted molar refractivity (Wildman–Crippen MR) is 77.4 cm³/mol. The van der Waals surface area contributed by atoms with Crippen molar-refractivity contribution in [3.05, 3.63) is 40.1 Å². The highest BCUT2D eigenvalue weighted by molar-refractivity contribution is 9.10. The number of halogens is 2. The summed E-state index contributed by atoms with van der Waals surface area (Å²) < 4.78 is 19.1. The van der Waals surface area contributed by atoms with Crippen molar-refractivity contribution in [2.45, 2.75) is 26.4 Å². The van der Waals surface area contributed by atoms with E-state index in [1.807, 2.05) is 0 Å². The third kappa shape index (κ3) is 5.87. The highest BCUT2D eigenvalue weighted by Gasteiger charge is 2.14. The van der Waals surface area contributed by atoms with E-state index in [1.54, 1.807) is 51.1 Å². The van der Waals surface area contributed by atoms with Gasteiger partial charge in [-0.2, -0.15) is 0 Å². The summed E-state index contributed by atoms with van der Waals surface area (Å²) in [5.74, 6) is -0.323. The number of alkyl carbamates (subject to hydrolysis) is 1. The van der Waals surface area contributed by atoms with E-state index < -0.39 is 11.7 Å². The number of ether oxygens (including phenoxy) is 1. The SMILES string of the molecule is CC(C)(C)OC(=O)NCC=Cc1cccc(Br)c1F. The van der Waals surface area contributed by atoms with Crippen molar-refractivity contribution in [2.24, 2.45) is 0 Å². The fourth-order valence-corrected chi connectivity index (χ4v) is 1.67. The van der Waals surface area contributed by atoms with Crippen molar-refractivity contribution >= 4 is 28.1 Å². The molecule has 0 spiro atoms. The number of hydrogen-bond acceptors (Lipinski definition) is 2. The first-order chi connectivity index (χ1) is 8.79. The van der Waals surface area contributed by atoms with E-state index in [0.717, 1.165) is 0 Å². The zero-order chi connectivity index (χ0) is 14.5. The molecule has 3 nitrogen and oxygen atoms in total. The molecule has 0 radical (unpaired) electrons. The van der Waals surface area contributed by atoms with Crippen molar-refractivity contribution in [1.29, 1.82) is 0 Å². The summed E-state index contributed by atoms with van der Waals surface area (Å²) in [6.07, 6.45) is 2.78. The van der Waals surface area contributed by atoms with E-state index in [0.29, 0.717) is 10.0 Å². The molecule has 0 aliphatic heterocycles. The van der Waals surface area contributed by atoms with Gasteiger partial charge < -0.3 is 10.1 Å². The van der Waals surface area contributed by atoms with Crippen molar-refractivity contribution in [2.75, 3.05) is 6.54 Å². The molecule has 0 saturated heterocycles. The van der Waals surface area contributed by atoms with Crippen LogP contribution in [0.1, 0.15) is 26.3 Å². The summed E-state index contributed by atoms with van der Waals surface area (Å²) in [6, 6.07) is 5.03. The molecule has 0 aliphatic rings. The first kappa shape index (κ1) is 15.7. The van der Waals surface area contributed by atoms with Crippen LogP contribution in [0, 0.1) is 5.82 Å². The number of benzene rings is 1. The third-order valence-electron chi connectivity index (χ3n) is 2.04. The Hall–Kier alpha value is -1.36. The van der Waals surface area contributed by atoms with Crippen LogP contribution >= 0.6 is 15.9 Å². The quantitative estimate of drug-likeness (QED) is 0.905. The highest BCUT2D eigenvalue weighted by Crippen LogP contribution is 2.19. The predicted octanol–water partition coefficient (Wildman–Crippen LogP) is 4.13. The Kier molecular flexibility index (Phi) is 5.54. The average molecular weight is 330 g/mol. The van der Waals surface area contributed by atoms with Crippen molar-refractivity contribution in [1.82, 2.24) is 5.32 Å². The number of amides is 1. The molecule has 0 aliphatic carbocycles. The summed E-state index contributed by atoms with van der Waals surface area (Å²) in [6.45, 7) is 5.65. The van der Waals surface area contributed by atoms with Crippen LogP contribution in [0.3, 0.4) is 0 Å². The maximum Gasteiger partial charge on any atom is 0.407 e. The van der Waals surface area contributed by atoms with E-state index in [9.17, 15) is 9.18 Å². The van der Waals surface area contributed by atoms with Gasteiger partial charge in [-0.15, -0.1) is 0 Å². The van der Waals surface area contributed by atoms with Gasteiger partial charge in [0.15, 0.2) is 0 Å². The molecule has 1 aromatic rings. The minimum Gasteiger partial charge on any atom is -0.444 e. The van der Waals surface area contributed by atoms with Gasteiger partial charge in [0.1, 0.15) is 11.4 Å². The molecule has 0 aromatic heterocycles. The maximum atomic E-state index is 13.6. The standard InChI is InChI=1S/C14H17BrFNO2/c1-14(2,3)19-13(18)17-9-5-7-10-6-4-8-11(15)12(10)16/h4-8H,9H2,1-3H3,(H,17,18). The molecule has 0 unspecified atom stereocenters. The Bertz CT molecular complexity index is 481. The number of carbonyl (C=O) groups excluding carboxylic acids is 1. The molecule has 0 bridgehead atoms. The maximum absolute atomic E-state index is 13.6. The van der Waals surface area contributed by atoms with Gasteiger partial charge in [-0.05, 0) is 42.8 Å². The van der Waals surface area contributed by atoms with Crippen molar-refractivity contribution < 1.29 is 13.9 Å². The van der Waals surface area contributed by atoms with Crippen LogP contribution in [0.4, 0.5) is 9.18 Å². The molecule has 1 rings (SSSR count). The second kappa shape index (κ2) is 6.70. The molecule has 0 fully saturated rings. The molecule has 0 atom stereocenters. The van der Waals surface area contributed by atoms with Crippen LogP contribution in [0.15, 0.2) is 28.7 Å². The Morgan fingerprint density at radius 1 is 1.47 bits per heavy atom. The molecule has 5 heteroatoms. The summed E-state index contributed by atoms with van der Waals surface area (Å²) in [7, 11) is 0. The summed E-state index contributed by atoms with van der Waals surface area (Å²) in [5.41, 5.74) is -0.0649. The number of nitrogens with one attached hydrogen (secondary N) is 1. The van der Waals surface area contributed by atoms with Gasteiger partial charge in [0.05, 0.1) is 4.47 Å². The molecule has 1 amide bonds. The van der Waals surface area contributed by atoms with Crippen LogP contribution < -0.4 is 5.32 Å². The minimum absolute atomic E-state index is 0.279. The molecule has 0 saturated carbocycles. The van der Waals surface area contributed by atoms with Crippen LogP contribution in [0.5, 0.6) is 0 Å². The second-order valence-corrected chi connectivity index (χ2v) is 5.78. The highest BCUT2D eigenvalue weighted by atomic mass is 79.9. The van der Waals surface area contributed by atoms with E-state index in [1.165, 1.54) is 0 Å². The Balaban J connectivity index is 2.47. The van der Waals surface area contributed by atoms with Crippen molar-refractivity contribution in [3.63, 3.8) is 0 Å². The van der Waals surface area contributed by atoms with Crippen LogP contribution in [0.2, 0.25) is 0 Å². The minimum atomic E-state index is -0.524. The zero-order valence-corrected chi connectivity index (χ0v) is 12.8. The van der Waals surface area contributed by atoms with E-state index in [4.69, 9.17) is 4.74 Å². The van der Waals surface area contributed by atoms with E-state index in [2.05, 4.69) is 21.2 Å². The molecule has 0 heterocycles. The Morgan fingerprint density at radius 3 is 2.79 bits per heavy atom. The monoisotopic (exact) mass is 329 g/mol. The Morgan fingerprint density at radius 2 is 2.16 bits per heavy atom. The molecule has 104 valence electrons. The van der Waals surface area contributed by atoms with Crippen LogP contribution in [-0.2, 0) is 4.74 Å². The summed E-state index contributed by atoms with van der Waals surface area (Å²) >= 11 is 3.11. The molecular weight excluding hydrogens is 313 g/mol. The summed E-state index contributed by atoms with van der Waals surface area (Å²) in [4.78, 5) is 11.3. The third-order valence-corrected chi connectivity index (χ3v) is 2.65. The lowest BCUT2D eigenvalue weighted by Gasteiger charge is -2.19. The first-order valence-corrected chi connectivity index (χ1v) is 6.66. The molecule has 1 N–H and O–H groups in total. The number of hydrogen-bond donors (Lipinski definition) is 1. The van der Waals surface area contributed by atoms with Gasteiger partial charge in [-0.3, -0.25) is 0 Å². The Labute approximate surface area is 121 Å². The fraction of sp³-hybridized carbons (Fsp3) is 0.357. The molecule has 1 aromatic carbocycles. The normalized spacial score (nSPS) is 11.6. The van der Waals surface area contributed by atoms with Crippen LogP contribution in [-0.4, -0.2) is 18.2 Å². The van der Waals surface area contributed by atoms with Crippen molar-refractivity contribution in [3.8, 4) is 0 Å². The lowest BCUT2D eigenvalue weighted by atomic mass is 10.2. The molecular formula is C14H17BrFNO2. The number of rotatable bonds is 3. The van der Waals surface area contributed by atoms with Gasteiger partial charge in [0, 0.05) is 12.1 Å². The largest absolute Gasteiger partial charge is 0.444 e. The first-order valence-electron chi connectivity index (χ1n) is 5.87. The van der Waals surface area contributed by atoms with E-state index in [-0.39, 0.29) is 12.4 Å². The van der Waals surface area contributed by atoms with Gasteiger partial charge in [0.2, 0.25) is 0 Å². The number of carbonyl (C=O) groups is 1. The average Bonchev–Trinajstić information content (AvgIpc) is 2.27. The zero-order valence-electron chi connectivity index (χ0n) is 11.2.